The molecule has 2 aromatic heterocycles. The molecule has 1 N–H and O–H groups in total. The fourth-order valence-electron chi connectivity index (χ4n) is 4.66. The highest BCUT2D eigenvalue weighted by Gasteiger charge is 2.28. The first-order chi connectivity index (χ1) is 16.8. The van der Waals surface area contributed by atoms with Crippen LogP contribution in [-0.2, 0) is 0 Å². The molecule has 10 heteroatoms. The lowest BCUT2D eigenvalue weighted by molar-refractivity contribution is 0.0665. The van der Waals surface area contributed by atoms with Crippen molar-refractivity contribution in [3.63, 3.8) is 0 Å². The monoisotopic (exact) mass is 605 g/mol. The van der Waals surface area contributed by atoms with E-state index in [9.17, 15) is 14.3 Å². The molecule has 0 spiro atoms. The van der Waals surface area contributed by atoms with Gasteiger partial charge >= 0.3 is 5.97 Å². The third-order valence-corrected chi connectivity index (χ3v) is 8.19. The molecule has 0 radical (unpaired) electrons. The molecular formula is C25H22Br2FN3O4. The van der Waals surface area contributed by atoms with Crippen LogP contribution < -0.4 is 9.64 Å². The van der Waals surface area contributed by atoms with Gasteiger partial charge in [0, 0.05) is 36.2 Å². The Bertz CT molecular complexity index is 1440. The molecule has 7 nitrogen and oxygen atoms in total. The summed E-state index contributed by atoms with van der Waals surface area (Å²) in [6.45, 7) is 3.52. The van der Waals surface area contributed by atoms with E-state index >= 15 is 0 Å². The molecule has 0 atom stereocenters. The maximum atomic E-state index is 13.8. The number of anilines is 1. The van der Waals surface area contributed by atoms with E-state index in [-0.39, 0.29) is 17.6 Å². The highest BCUT2D eigenvalue weighted by molar-refractivity contribution is 9.11. The van der Waals surface area contributed by atoms with Gasteiger partial charge in [0.15, 0.2) is 0 Å². The number of methoxy groups -OCH3 is 1. The summed E-state index contributed by atoms with van der Waals surface area (Å²) >= 11 is 7.33. The standard InChI is InChI=1S/C25H22Br2FN3O4/c1-13-22(26)24(16-4-3-14(28)11-20(16)34-2)31(29-13)15-7-9-30(10-8-15)18-5-6-19-17(23(18)27)12-21(35-19)25(32)33/h3-6,11-12,15H,7-10H2,1-2H3,(H,32,33). The summed E-state index contributed by atoms with van der Waals surface area (Å²) in [5.74, 6) is -1.07. The Morgan fingerprint density at radius 1 is 1.17 bits per heavy atom. The van der Waals surface area contributed by atoms with Crippen molar-refractivity contribution in [2.45, 2.75) is 25.8 Å². The molecule has 1 saturated heterocycles. The average molecular weight is 607 g/mol. The first-order valence-electron chi connectivity index (χ1n) is 11.1. The van der Waals surface area contributed by atoms with Crippen molar-refractivity contribution in [3.8, 4) is 17.0 Å². The Morgan fingerprint density at radius 3 is 2.60 bits per heavy atom. The van der Waals surface area contributed by atoms with E-state index in [4.69, 9.17) is 14.3 Å². The molecule has 5 rings (SSSR count). The molecule has 0 saturated carbocycles. The number of aromatic nitrogens is 2. The van der Waals surface area contributed by atoms with Crippen LogP contribution >= 0.6 is 31.9 Å². The molecule has 1 aliphatic heterocycles. The first kappa shape index (κ1) is 23.9. The summed E-state index contributed by atoms with van der Waals surface area (Å²) in [7, 11) is 1.53. The van der Waals surface area contributed by atoms with Crippen LogP contribution in [-0.4, -0.2) is 41.1 Å². The molecule has 1 fully saturated rings. The zero-order valence-corrected chi connectivity index (χ0v) is 22.2. The highest BCUT2D eigenvalue weighted by Crippen LogP contribution is 2.42. The van der Waals surface area contributed by atoms with Crippen LogP contribution in [0.3, 0.4) is 0 Å². The molecule has 1 aliphatic rings. The van der Waals surface area contributed by atoms with Crippen molar-refractivity contribution in [1.29, 1.82) is 0 Å². The highest BCUT2D eigenvalue weighted by atomic mass is 79.9. The number of carboxylic acids is 1. The van der Waals surface area contributed by atoms with Crippen molar-refractivity contribution in [1.82, 2.24) is 9.78 Å². The molecule has 0 bridgehead atoms. The number of benzene rings is 2. The zero-order chi connectivity index (χ0) is 24.9. The van der Waals surface area contributed by atoms with Crippen molar-refractivity contribution in [2.24, 2.45) is 0 Å². The number of carbonyl (C=O) groups is 1. The summed E-state index contributed by atoms with van der Waals surface area (Å²) < 4.78 is 28.4. The fourth-order valence-corrected chi connectivity index (χ4v) is 5.83. The number of nitrogens with zero attached hydrogens (tertiary/aromatic N) is 3. The molecule has 0 amide bonds. The number of furan rings is 1. The van der Waals surface area contributed by atoms with Crippen LogP contribution in [0.5, 0.6) is 5.75 Å². The number of hydrogen-bond donors (Lipinski definition) is 1. The van der Waals surface area contributed by atoms with Gasteiger partial charge in [-0.25, -0.2) is 9.18 Å². The van der Waals surface area contributed by atoms with Gasteiger partial charge in [-0.15, -0.1) is 0 Å². The molecule has 3 heterocycles. The lowest BCUT2D eigenvalue weighted by atomic mass is 10.0. The van der Waals surface area contributed by atoms with Crippen LogP contribution in [0.4, 0.5) is 10.1 Å². The second kappa shape index (κ2) is 9.31. The first-order valence-corrected chi connectivity index (χ1v) is 12.7. The molecule has 2 aromatic carbocycles. The third kappa shape index (κ3) is 4.23. The number of piperidine rings is 1. The summed E-state index contributed by atoms with van der Waals surface area (Å²) in [6, 6.07) is 9.99. The predicted molar refractivity (Wildman–Crippen MR) is 138 cm³/mol. The van der Waals surface area contributed by atoms with Crippen molar-refractivity contribution >= 4 is 54.5 Å². The molecular weight excluding hydrogens is 585 g/mol. The minimum atomic E-state index is -1.09. The number of hydrogen-bond acceptors (Lipinski definition) is 5. The van der Waals surface area contributed by atoms with Crippen LogP contribution in [0.2, 0.25) is 0 Å². The lowest BCUT2D eigenvalue weighted by Gasteiger charge is -2.35. The zero-order valence-electron chi connectivity index (χ0n) is 19.0. The van der Waals surface area contributed by atoms with Gasteiger partial charge in [0.1, 0.15) is 17.1 Å². The summed E-state index contributed by atoms with van der Waals surface area (Å²) in [6.07, 6.45) is 1.70. The minimum absolute atomic E-state index is 0.0834. The van der Waals surface area contributed by atoms with Crippen molar-refractivity contribution in [3.05, 3.63) is 62.6 Å². The fraction of sp³-hybridized carbons (Fsp3) is 0.280. The lowest BCUT2D eigenvalue weighted by Crippen LogP contribution is -2.35. The van der Waals surface area contributed by atoms with E-state index in [1.54, 1.807) is 18.2 Å². The molecule has 0 unspecified atom stereocenters. The number of halogens is 3. The van der Waals surface area contributed by atoms with Crippen LogP contribution in [0, 0.1) is 12.7 Å². The largest absolute Gasteiger partial charge is 0.496 e. The molecule has 0 aliphatic carbocycles. The van der Waals surface area contributed by atoms with Gasteiger partial charge in [-0.05, 0) is 75.9 Å². The summed E-state index contributed by atoms with van der Waals surface area (Å²) in [5, 5.41) is 14.8. The van der Waals surface area contributed by atoms with Gasteiger partial charge in [0.25, 0.3) is 0 Å². The number of rotatable bonds is 5. The van der Waals surface area contributed by atoms with E-state index in [1.807, 2.05) is 17.7 Å². The SMILES string of the molecule is COc1cc(F)ccc1-c1c(Br)c(C)nn1C1CCN(c2ccc3oc(C(=O)O)cc3c2Br)CC1. The number of aromatic carboxylic acids is 1. The van der Waals surface area contributed by atoms with Gasteiger partial charge in [0.2, 0.25) is 5.76 Å². The van der Waals surface area contributed by atoms with E-state index in [0.717, 1.165) is 62.9 Å². The van der Waals surface area contributed by atoms with Gasteiger partial charge in [0.05, 0.1) is 39.2 Å². The molecule has 4 aromatic rings. The second-order valence-electron chi connectivity index (χ2n) is 8.48. The maximum absolute atomic E-state index is 13.8. The predicted octanol–water partition coefficient (Wildman–Crippen LogP) is 6.82. The van der Waals surface area contributed by atoms with E-state index in [1.165, 1.54) is 19.2 Å². The van der Waals surface area contributed by atoms with Gasteiger partial charge in [-0.2, -0.15) is 5.10 Å². The summed E-state index contributed by atoms with van der Waals surface area (Å²) in [5.41, 5.74) is 4.04. The second-order valence-corrected chi connectivity index (χ2v) is 10.1. The maximum Gasteiger partial charge on any atom is 0.371 e. The smallest absolute Gasteiger partial charge is 0.371 e. The number of carboxylic acid groups (broad SMARTS) is 1. The average Bonchev–Trinajstić information content (AvgIpc) is 3.42. The Balaban J connectivity index is 1.43. The minimum Gasteiger partial charge on any atom is -0.496 e. The Morgan fingerprint density at radius 2 is 1.91 bits per heavy atom. The topological polar surface area (TPSA) is 80.7 Å². The van der Waals surface area contributed by atoms with Crippen molar-refractivity contribution in [2.75, 3.05) is 25.1 Å². The number of ether oxygens (including phenoxy) is 1. The van der Waals surface area contributed by atoms with Gasteiger partial charge < -0.3 is 19.2 Å². The molecule has 35 heavy (non-hydrogen) atoms. The van der Waals surface area contributed by atoms with Gasteiger partial charge in [-0.1, -0.05) is 0 Å². The number of aryl methyl sites for hydroxylation is 1. The Labute approximate surface area is 217 Å². The summed E-state index contributed by atoms with van der Waals surface area (Å²) in [4.78, 5) is 13.6. The van der Waals surface area contributed by atoms with Crippen LogP contribution in [0.25, 0.3) is 22.2 Å². The Kier molecular flexibility index (Phi) is 6.35. The van der Waals surface area contributed by atoms with Gasteiger partial charge in [-0.3, -0.25) is 4.68 Å². The van der Waals surface area contributed by atoms with Crippen molar-refractivity contribution < 1.29 is 23.4 Å². The van der Waals surface area contributed by atoms with Crippen LogP contribution in [0.1, 0.15) is 35.1 Å². The normalized spacial score (nSPS) is 14.6. The number of fused-ring (bicyclic) bond motifs is 1. The van der Waals surface area contributed by atoms with Crippen LogP contribution in [0.15, 0.2) is 49.8 Å². The van der Waals surface area contributed by atoms with E-state index in [2.05, 4.69) is 36.8 Å². The van der Waals surface area contributed by atoms with E-state index in [0.29, 0.717) is 11.3 Å². The quantitative estimate of drug-likeness (QED) is 0.269. The third-order valence-electron chi connectivity index (χ3n) is 6.41. The molecule has 182 valence electrons. The van der Waals surface area contributed by atoms with E-state index < -0.39 is 5.97 Å². The Hall–Kier alpha value is -2.85.